The Bertz CT molecular complexity index is 337. The molecule has 0 saturated carbocycles. The molecule has 90 valence electrons. The summed E-state index contributed by atoms with van der Waals surface area (Å²) in [6, 6.07) is 0. The Morgan fingerprint density at radius 1 is 1.56 bits per heavy atom. The first-order valence-electron chi connectivity index (χ1n) is 6.19. The minimum absolute atomic E-state index is 0.259. The summed E-state index contributed by atoms with van der Waals surface area (Å²) in [5.41, 5.74) is 0.259. The zero-order valence-electron chi connectivity index (χ0n) is 10.5. The second-order valence-corrected chi connectivity index (χ2v) is 5.39. The molecule has 0 aromatic carbocycles. The van der Waals surface area contributed by atoms with Gasteiger partial charge in [-0.1, -0.05) is 13.8 Å². The van der Waals surface area contributed by atoms with Gasteiger partial charge in [0.2, 0.25) is 0 Å². The third kappa shape index (κ3) is 2.43. The average molecular weight is 222 g/mol. The Morgan fingerprint density at radius 3 is 2.88 bits per heavy atom. The van der Waals surface area contributed by atoms with Crippen LogP contribution in [0.3, 0.4) is 0 Å². The van der Waals surface area contributed by atoms with Crippen molar-refractivity contribution in [2.45, 2.75) is 45.1 Å². The molecule has 4 heteroatoms. The van der Waals surface area contributed by atoms with Crippen molar-refractivity contribution in [1.82, 2.24) is 20.1 Å². The normalized spacial score (nSPS) is 25.5. The lowest BCUT2D eigenvalue weighted by molar-refractivity contribution is 0.293. The number of hydrogen-bond donors (Lipinski definition) is 1. The third-order valence-corrected chi connectivity index (χ3v) is 3.43. The highest BCUT2D eigenvalue weighted by Crippen LogP contribution is 2.29. The summed E-state index contributed by atoms with van der Waals surface area (Å²) in [5, 5.41) is 7.83. The van der Waals surface area contributed by atoms with E-state index in [0.717, 1.165) is 24.7 Å². The van der Waals surface area contributed by atoms with Crippen LogP contribution >= 0.6 is 0 Å². The summed E-state index contributed by atoms with van der Waals surface area (Å²) in [6.07, 6.45) is 6.41. The SMILES string of the molecule is CC(C)CC1(Cc2ncnn2C)CCCN1. The summed E-state index contributed by atoms with van der Waals surface area (Å²) in [5.74, 6) is 1.81. The van der Waals surface area contributed by atoms with Gasteiger partial charge in [0.15, 0.2) is 0 Å². The van der Waals surface area contributed by atoms with E-state index in [1.54, 1.807) is 6.33 Å². The Kier molecular flexibility index (Phi) is 3.28. The van der Waals surface area contributed by atoms with Gasteiger partial charge < -0.3 is 5.32 Å². The summed E-state index contributed by atoms with van der Waals surface area (Å²) in [6.45, 7) is 5.72. The fourth-order valence-corrected chi connectivity index (χ4v) is 2.83. The van der Waals surface area contributed by atoms with Crippen LogP contribution in [0.15, 0.2) is 6.33 Å². The van der Waals surface area contributed by atoms with Crippen molar-refractivity contribution in [3.8, 4) is 0 Å². The first-order valence-corrected chi connectivity index (χ1v) is 6.19. The van der Waals surface area contributed by atoms with Gasteiger partial charge in [-0.25, -0.2) is 4.98 Å². The highest BCUT2D eigenvalue weighted by Gasteiger charge is 2.35. The van der Waals surface area contributed by atoms with Crippen LogP contribution in [0.1, 0.15) is 38.9 Å². The molecule has 0 bridgehead atoms. The second-order valence-electron chi connectivity index (χ2n) is 5.39. The van der Waals surface area contributed by atoms with Gasteiger partial charge in [0.1, 0.15) is 12.2 Å². The lowest BCUT2D eigenvalue weighted by Gasteiger charge is -2.31. The molecular formula is C12H22N4. The maximum absolute atomic E-state index is 4.34. The summed E-state index contributed by atoms with van der Waals surface area (Å²) >= 11 is 0. The number of nitrogens with one attached hydrogen (secondary N) is 1. The van der Waals surface area contributed by atoms with E-state index in [0.29, 0.717) is 0 Å². The Labute approximate surface area is 97.5 Å². The molecule has 16 heavy (non-hydrogen) atoms. The van der Waals surface area contributed by atoms with Crippen LogP contribution in [0.25, 0.3) is 0 Å². The quantitative estimate of drug-likeness (QED) is 0.840. The van der Waals surface area contributed by atoms with Gasteiger partial charge in [-0.05, 0) is 31.7 Å². The van der Waals surface area contributed by atoms with Crippen molar-refractivity contribution in [2.24, 2.45) is 13.0 Å². The Balaban J connectivity index is 2.11. The van der Waals surface area contributed by atoms with E-state index < -0.39 is 0 Å². The lowest BCUT2D eigenvalue weighted by atomic mass is 9.84. The van der Waals surface area contributed by atoms with Gasteiger partial charge in [-0.15, -0.1) is 0 Å². The first kappa shape index (κ1) is 11.6. The molecule has 1 N–H and O–H groups in total. The standard InChI is InChI=1S/C12H22N4/c1-10(2)7-12(5-4-6-14-12)8-11-13-9-15-16(11)3/h9-10,14H,4-8H2,1-3H3. The maximum Gasteiger partial charge on any atom is 0.138 e. The van der Waals surface area contributed by atoms with Crippen LogP contribution in [-0.4, -0.2) is 26.8 Å². The van der Waals surface area contributed by atoms with Crippen LogP contribution < -0.4 is 5.32 Å². The van der Waals surface area contributed by atoms with E-state index in [-0.39, 0.29) is 5.54 Å². The van der Waals surface area contributed by atoms with Gasteiger partial charge in [0.25, 0.3) is 0 Å². The molecule has 0 amide bonds. The molecule has 1 fully saturated rings. The molecule has 0 spiro atoms. The molecule has 1 atom stereocenters. The zero-order chi connectivity index (χ0) is 11.6. The molecule has 0 aliphatic carbocycles. The smallest absolute Gasteiger partial charge is 0.138 e. The Morgan fingerprint density at radius 2 is 2.38 bits per heavy atom. The molecule has 1 aliphatic rings. The van der Waals surface area contributed by atoms with Crippen molar-refractivity contribution in [3.63, 3.8) is 0 Å². The van der Waals surface area contributed by atoms with Crippen molar-refractivity contribution in [1.29, 1.82) is 0 Å². The third-order valence-electron chi connectivity index (χ3n) is 3.43. The fraction of sp³-hybridized carbons (Fsp3) is 0.833. The van der Waals surface area contributed by atoms with Crippen LogP contribution in [0.5, 0.6) is 0 Å². The van der Waals surface area contributed by atoms with Crippen molar-refractivity contribution >= 4 is 0 Å². The maximum atomic E-state index is 4.34. The molecule has 1 saturated heterocycles. The Hall–Kier alpha value is -0.900. The van der Waals surface area contributed by atoms with Crippen LogP contribution in [0.4, 0.5) is 0 Å². The number of rotatable bonds is 4. The molecule has 1 unspecified atom stereocenters. The van der Waals surface area contributed by atoms with Crippen LogP contribution in [0.2, 0.25) is 0 Å². The largest absolute Gasteiger partial charge is 0.311 e. The molecule has 1 aromatic heterocycles. The van der Waals surface area contributed by atoms with Gasteiger partial charge in [0.05, 0.1) is 0 Å². The molecule has 4 nitrogen and oxygen atoms in total. The van der Waals surface area contributed by atoms with E-state index in [2.05, 4.69) is 29.2 Å². The first-order chi connectivity index (χ1) is 7.61. The van der Waals surface area contributed by atoms with Crippen molar-refractivity contribution < 1.29 is 0 Å². The van der Waals surface area contributed by atoms with Gasteiger partial charge in [-0.3, -0.25) is 4.68 Å². The van der Waals surface area contributed by atoms with E-state index in [1.807, 2.05) is 11.7 Å². The predicted octanol–water partition coefficient (Wildman–Crippen LogP) is 1.53. The second kappa shape index (κ2) is 4.53. The van der Waals surface area contributed by atoms with Gasteiger partial charge in [0, 0.05) is 19.0 Å². The predicted molar refractivity (Wildman–Crippen MR) is 64.1 cm³/mol. The molecule has 0 radical (unpaired) electrons. The minimum Gasteiger partial charge on any atom is -0.311 e. The summed E-state index contributed by atoms with van der Waals surface area (Å²) in [4.78, 5) is 4.34. The van der Waals surface area contributed by atoms with Crippen molar-refractivity contribution in [2.75, 3.05) is 6.54 Å². The number of nitrogens with zero attached hydrogens (tertiary/aromatic N) is 3. The number of hydrogen-bond acceptors (Lipinski definition) is 3. The zero-order valence-corrected chi connectivity index (χ0v) is 10.5. The topological polar surface area (TPSA) is 42.7 Å². The van der Waals surface area contributed by atoms with Crippen molar-refractivity contribution in [3.05, 3.63) is 12.2 Å². The number of aromatic nitrogens is 3. The lowest BCUT2D eigenvalue weighted by Crippen LogP contribution is -2.43. The van der Waals surface area contributed by atoms with Gasteiger partial charge >= 0.3 is 0 Å². The van der Waals surface area contributed by atoms with E-state index in [1.165, 1.54) is 19.3 Å². The highest BCUT2D eigenvalue weighted by molar-refractivity contribution is 5.02. The van der Waals surface area contributed by atoms with Crippen LogP contribution in [0, 0.1) is 5.92 Å². The molecule has 1 aromatic rings. The monoisotopic (exact) mass is 222 g/mol. The van der Waals surface area contributed by atoms with E-state index in [9.17, 15) is 0 Å². The molecule has 2 heterocycles. The van der Waals surface area contributed by atoms with E-state index in [4.69, 9.17) is 0 Å². The van der Waals surface area contributed by atoms with Crippen LogP contribution in [-0.2, 0) is 13.5 Å². The van der Waals surface area contributed by atoms with Gasteiger partial charge in [-0.2, -0.15) is 5.10 Å². The molecule has 1 aliphatic heterocycles. The molecular weight excluding hydrogens is 200 g/mol. The highest BCUT2D eigenvalue weighted by atomic mass is 15.3. The summed E-state index contributed by atoms with van der Waals surface area (Å²) in [7, 11) is 1.97. The fourth-order valence-electron chi connectivity index (χ4n) is 2.83. The summed E-state index contributed by atoms with van der Waals surface area (Å²) < 4.78 is 1.89. The minimum atomic E-state index is 0.259. The average Bonchev–Trinajstić information content (AvgIpc) is 2.77. The van der Waals surface area contributed by atoms with E-state index >= 15 is 0 Å². The molecule has 2 rings (SSSR count). The number of aryl methyl sites for hydroxylation is 1.